The number of methoxy groups -OCH3 is 1. The standard InChI is InChI=1S/C20H22N4O4S2/c1-14(2)24(20-23-22-13-29-20)30(26,27)18-10-4-15(5-11-18)12-21-19(25)16-6-8-17(28-3)9-7-16/h4-11,13-14H,12H2,1-3H3,(H,21,25). The van der Waals surface area contributed by atoms with Gasteiger partial charge in [0.15, 0.2) is 0 Å². The third kappa shape index (κ3) is 4.77. The van der Waals surface area contributed by atoms with E-state index in [1.165, 1.54) is 21.9 Å². The minimum Gasteiger partial charge on any atom is -0.497 e. The van der Waals surface area contributed by atoms with Crippen LogP contribution < -0.4 is 14.4 Å². The van der Waals surface area contributed by atoms with Crippen LogP contribution in [0.1, 0.15) is 29.8 Å². The van der Waals surface area contributed by atoms with Gasteiger partial charge in [0.25, 0.3) is 15.9 Å². The fraction of sp³-hybridized carbons (Fsp3) is 0.250. The minimum atomic E-state index is -3.78. The average Bonchev–Trinajstić information content (AvgIpc) is 3.26. The Morgan fingerprint density at radius 1 is 1.13 bits per heavy atom. The number of amides is 1. The number of benzene rings is 2. The number of hydrogen-bond acceptors (Lipinski definition) is 7. The number of hydrogen-bond donors (Lipinski definition) is 1. The lowest BCUT2D eigenvalue weighted by atomic mass is 10.2. The number of carbonyl (C=O) groups excluding carboxylic acids is 1. The summed E-state index contributed by atoms with van der Waals surface area (Å²) in [6, 6.07) is 12.9. The van der Waals surface area contributed by atoms with Gasteiger partial charge in [0, 0.05) is 18.2 Å². The zero-order valence-corrected chi connectivity index (χ0v) is 18.4. The lowest BCUT2D eigenvalue weighted by molar-refractivity contribution is 0.0951. The van der Waals surface area contributed by atoms with E-state index in [-0.39, 0.29) is 23.4 Å². The monoisotopic (exact) mass is 446 g/mol. The first-order valence-electron chi connectivity index (χ1n) is 9.14. The molecule has 1 aromatic heterocycles. The van der Waals surface area contributed by atoms with Gasteiger partial charge in [0.05, 0.1) is 12.0 Å². The number of sulfonamides is 1. The number of aromatic nitrogens is 2. The third-order valence-corrected chi connectivity index (χ3v) is 7.08. The van der Waals surface area contributed by atoms with E-state index in [0.29, 0.717) is 16.4 Å². The first kappa shape index (κ1) is 21.7. The second-order valence-electron chi connectivity index (χ2n) is 6.67. The molecule has 0 unspecified atom stereocenters. The van der Waals surface area contributed by atoms with E-state index in [0.717, 1.165) is 16.9 Å². The molecule has 0 aliphatic carbocycles. The van der Waals surface area contributed by atoms with Crippen LogP contribution in [0.5, 0.6) is 5.75 Å². The van der Waals surface area contributed by atoms with Crippen molar-refractivity contribution in [3.8, 4) is 5.75 Å². The molecule has 2 aromatic carbocycles. The van der Waals surface area contributed by atoms with Crippen LogP contribution in [-0.4, -0.2) is 37.7 Å². The topological polar surface area (TPSA) is 101 Å². The Morgan fingerprint density at radius 3 is 2.33 bits per heavy atom. The highest BCUT2D eigenvalue weighted by atomic mass is 32.2. The zero-order chi connectivity index (χ0) is 21.7. The van der Waals surface area contributed by atoms with Crippen molar-refractivity contribution in [3.63, 3.8) is 0 Å². The molecule has 0 spiro atoms. The van der Waals surface area contributed by atoms with Gasteiger partial charge in [-0.25, -0.2) is 12.7 Å². The van der Waals surface area contributed by atoms with E-state index >= 15 is 0 Å². The highest BCUT2D eigenvalue weighted by Crippen LogP contribution is 2.27. The Kier molecular flexibility index (Phi) is 6.68. The summed E-state index contributed by atoms with van der Waals surface area (Å²) >= 11 is 1.16. The van der Waals surface area contributed by atoms with E-state index in [1.54, 1.807) is 57.4 Å². The second-order valence-corrected chi connectivity index (χ2v) is 9.30. The molecule has 0 saturated carbocycles. The molecule has 0 atom stereocenters. The molecule has 0 aliphatic rings. The van der Waals surface area contributed by atoms with Gasteiger partial charge >= 0.3 is 0 Å². The van der Waals surface area contributed by atoms with Gasteiger partial charge in [-0.1, -0.05) is 23.5 Å². The van der Waals surface area contributed by atoms with Crippen molar-refractivity contribution >= 4 is 32.4 Å². The predicted octanol–water partition coefficient (Wildman–Crippen LogP) is 3.08. The summed E-state index contributed by atoms with van der Waals surface area (Å²) in [6.45, 7) is 3.83. The summed E-state index contributed by atoms with van der Waals surface area (Å²) in [5, 5.41) is 10.8. The summed E-state index contributed by atoms with van der Waals surface area (Å²) in [4.78, 5) is 12.4. The molecule has 1 heterocycles. The SMILES string of the molecule is COc1ccc(C(=O)NCc2ccc(S(=O)(=O)N(c3nncs3)C(C)C)cc2)cc1. The van der Waals surface area contributed by atoms with Gasteiger partial charge in [0.1, 0.15) is 11.3 Å². The maximum absolute atomic E-state index is 13.1. The molecule has 1 amide bonds. The smallest absolute Gasteiger partial charge is 0.266 e. The van der Waals surface area contributed by atoms with Crippen molar-refractivity contribution in [1.82, 2.24) is 15.5 Å². The van der Waals surface area contributed by atoms with Crippen molar-refractivity contribution in [2.75, 3.05) is 11.4 Å². The maximum atomic E-state index is 13.1. The summed E-state index contributed by atoms with van der Waals surface area (Å²) in [6.07, 6.45) is 0. The summed E-state index contributed by atoms with van der Waals surface area (Å²) in [5.74, 6) is 0.448. The second kappa shape index (κ2) is 9.23. The van der Waals surface area contributed by atoms with Crippen LogP contribution in [0.4, 0.5) is 5.13 Å². The van der Waals surface area contributed by atoms with Crippen LogP contribution in [-0.2, 0) is 16.6 Å². The van der Waals surface area contributed by atoms with Gasteiger partial charge in [-0.15, -0.1) is 10.2 Å². The molecule has 3 rings (SSSR count). The average molecular weight is 447 g/mol. The van der Waals surface area contributed by atoms with Gasteiger partial charge in [-0.05, 0) is 55.8 Å². The van der Waals surface area contributed by atoms with E-state index < -0.39 is 10.0 Å². The maximum Gasteiger partial charge on any atom is 0.266 e. The number of anilines is 1. The van der Waals surface area contributed by atoms with Crippen LogP contribution in [0.15, 0.2) is 58.9 Å². The lowest BCUT2D eigenvalue weighted by Gasteiger charge is -2.25. The quantitative estimate of drug-likeness (QED) is 0.571. The van der Waals surface area contributed by atoms with Crippen molar-refractivity contribution in [3.05, 3.63) is 65.2 Å². The normalized spacial score (nSPS) is 11.3. The molecule has 0 radical (unpaired) electrons. The van der Waals surface area contributed by atoms with Crippen LogP contribution in [0.3, 0.4) is 0 Å². The van der Waals surface area contributed by atoms with E-state index in [9.17, 15) is 13.2 Å². The molecule has 0 saturated heterocycles. The molecule has 0 fully saturated rings. The van der Waals surface area contributed by atoms with Gasteiger partial charge in [-0.3, -0.25) is 4.79 Å². The van der Waals surface area contributed by atoms with Gasteiger partial charge in [-0.2, -0.15) is 0 Å². The Labute approximate surface area is 179 Å². The summed E-state index contributed by atoms with van der Waals surface area (Å²) < 4.78 is 32.5. The van der Waals surface area contributed by atoms with Gasteiger partial charge < -0.3 is 10.1 Å². The molecular weight excluding hydrogens is 424 g/mol. The molecule has 0 bridgehead atoms. The number of carbonyl (C=O) groups is 1. The fourth-order valence-electron chi connectivity index (χ4n) is 2.78. The molecule has 158 valence electrons. The highest BCUT2D eigenvalue weighted by Gasteiger charge is 2.29. The van der Waals surface area contributed by atoms with Crippen molar-refractivity contribution < 1.29 is 17.9 Å². The first-order valence-corrected chi connectivity index (χ1v) is 11.5. The van der Waals surface area contributed by atoms with E-state index in [4.69, 9.17) is 4.74 Å². The Bertz CT molecular complexity index is 1080. The number of nitrogens with one attached hydrogen (secondary N) is 1. The summed E-state index contributed by atoms with van der Waals surface area (Å²) in [7, 11) is -2.22. The molecule has 3 aromatic rings. The number of ether oxygens (including phenoxy) is 1. The van der Waals surface area contributed by atoms with Gasteiger partial charge in [0.2, 0.25) is 5.13 Å². The molecular formula is C20H22N4O4S2. The zero-order valence-electron chi connectivity index (χ0n) is 16.8. The largest absolute Gasteiger partial charge is 0.497 e. The Morgan fingerprint density at radius 2 is 1.80 bits per heavy atom. The molecule has 8 nitrogen and oxygen atoms in total. The third-order valence-electron chi connectivity index (χ3n) is 4.29. The van der Waals surface area contributed by atoms with Crippen molar-refractivity contribution in [1.29, 1.82) is 0 Å². The molecule has 10 heteroatoms. The van der Waals surface area contributed by atoms with Crippen molar-refractivity contribution in [2.24, 2.45) is 0 Å². The fourth-order valence-corrected chi connectivity index (χ4v) is 5.31. The number of rotatable bonds is 8. The summed E-state index contributed by atoms with van der Waals surface area (Å²) in [5.41, 5.74) is 2.79. The molecule has 30 heavy (non-hydrogen) atoms. The van der Waals surface area contributed by atoms with Crippen molar-refractivity contribution in [2.45, 2.75) is 31.3 Å². The lowest BCUT2D eigenvalue weighted by Crippen LogP contribution is -2.37. The molecule has 0 aliphatic heterocycles. The number of nitrogens with zero attached hydrogens (tertiary/aromatic N) is 3. The van der Waals surface area contributed by atoms with Crippen LogP contribution in [0, 0.1) is 0 Å². The minimum absolute atomic E-state index is 0.150. The predicted molar refractivity (Wildman–Crippen MR) is 115 cm³/mol. The van der Waals surface area contributed by atoms with Crippen LogP contribution >= 0.6 is 11.3 Å². The first-order chi connectivity index (χ1) is 14.3. The van der Waals surface area contributed by atoms with E-state index in [2.05, 4.69) is 15.5 Å². The Hall–Kier alpha value is -2.98. The highest BCUT2D eigenvalue weighted by molar-refractivity contribution is 7.93. The van der Waals surface area contributed by atoms with E-state index in [1.807, 2.05) is 0 Å². The van der Waals surface area contributed by atoms with Crippen LogP contribution in [0.2, 0.25) is 0 Å². The van der Waals surface area contributed by atoms with Crippen LogP contribution in [0.25, 0.3) is 0 Å². The Balaban J connectivity index is 1.70. The molecule has 1 N–H and O–H groups in total.